The lowest BCUT2D eigenvalue weighted by Gasteiger charge is -2.34. The first-order valence-corrected chi connectivity index (χ1v) is 7.28. The molecule has 1 aromatic heterocycles. The Morgan fingerprint density at radius 3 is 2.37 bits per heavy atom. The molecule has 1 aliphatic rings. The Balaban J connectivity index is 1.95. The van der Waals surface area contributed by atoms with E-state index in [2.05, 4.69) is 11.8 Å². The average Bonchev–Trinajstić information content (AvgIpc) is 2.89. The molecule has 5 nitrogen and oxygen atoms in total. The van der Waals surface area contributed by atoms with Gasteiger partial charge in [-0.2, -0.15) is 0 Å². The van der Waals surface area contributed by atoms with E-state index in [1.165, 1.54) is 6.07 Å². The quantitative estimate of drug-likeness (QED) is 0.911. The van der Waals surface area contributed by atoms with Gasteiger partial charge in [-0.05, 0) is 25.1 Å². The van der Waals surface area contributed by atoms with Crippen LogP contribution in [0.3, 0.4) is 0 Å². The Hall–Kier alpha value is -1.40. The van der Waals surface area contributed by atoms with Crippen molar-refractivity contribution in [2.24, 2.45) is 0 Å². The van der Waals surface area contributed by atoms with Gasteiger partial charge in [0.05, 0.1) is 4.88 Å². The van der Waals surface area contributed by atoms with Gasteiger partial charge in [0.15, 0.2) is 0 Å². The average molecular weight is 282 g/mol. The molecule has 19 heavy (non-hydrogen) atoms. The van der Waals surface area contributed by atoms with Crippen LogP contribution in [0.1, 0.15) is 32.7 Å². The van der Waals surface area contributed by atoms with Crippen molar-refractivity contribution in [3.63, 3.8) is 0 Å². The zero-order chi connectivity index (χ0) is 13.8. The van der Waals surface area contributed by atoms with Crippen molar-refractivity contribution in [3.8, 4) is 0 Å². The number of piperazine rings is 1. The number of carbonyl (C=O) groups is 2. The number of aromatic carboxylic acids is 1. The van der Waals surface area contributed by atoms with Crippen molar-refractivity contribution in [2.75, 3.05) is 32.7 Å². The second-order valence-corrected chi connectivity index (χ2v) is 5.69. The molecular formula is C13H18N2O3S. The molecule has 1 aromatic rings. The Kier molecular flexibility index (Phi) is 4.55. The molecular weight excluding hydrogens is 264 g/mol. The van der Waals surface area contributed by atoms with Crippen LogP contribution in [0.25, 0.3) is 0 Å². The highest BCUT2D eigenvalue weighted by molar-refractivity contribution is 7.15. The summed E-state index contributed by atoms with van der Waals surface area (Å²) in [4.78, 5) is 27.9. The van der Waals surface area contributed by atoms with Crippen LogP contribution in [0.2, 0.25) is 0 Å². The SMILES string of the molecule is CCCN1CCN(C(=O)c2ccc(C(=O)O)s2)CC1. The van der Waals surface area contributed by atoms with Gasteiger partial charge < -0.3 is 10.0 Å². The van der Waals surface area contributed by atoms with Crippen molar-refractivity contribution in [2.45, 2.75) is 13.3 Å². The van der Waals surface area contributed by atoms with Crippen LogP contribution in [0.15, 0.2) is 12.1 Å². The second kappa shape index (κ2) is 6.16. The number of carbonyl (C=O) groups excluding carboxylic acids is 1. The van der Waals surface area contributed by atoms with Crippen LogP contribution in [-0.2, 0) is 0 Å². The summed E-state index contributed by atoms with van der Waals surface area (Å²) in [5.74, 6) is -1.02. The molecule has 6 heteroatoms. The summed E-state index contributed by atoms with van der Waals surface area (Å²) in [6, 6.07) is 3.10. The third kappa shape index (κ3) is 3.33. The summed E-state index contributed by atoms with van der Waals surface area (Å²) in [5, 5.41) is 8.86. The first-order chi connectivity index (χ1) is 9.11. The maximum absolute atomic E-state index is 12.2. The number of carboxylic acid groups (broad SMARTS) is 1. The molecule has 104 valence electrons. The first kappa shape index (κ1) is 14.0. The van der Waals surface area contributed by atoms with Crippen LogP contribution in [0, 0.1) is 0 Å². The van der Waals surface area contributed by atoms with Crippen LogP contribution < -0.4 is 0 Å². The number of hydrogen-bond acceptors (Lipinski definition) is 4. The van der Waals surface area contributed by atoms with E-state index < -0.39 is 5.97 Å². The highest BCUT2D eigenvalue weighted by Crippen LogP contribution is 2.19. The van der Waals surface area contributed by atoms with E-state index in [0.717, 1.165) is 50.5 Å². The minimum atomic E-state index is -0.975. The third-order valence-electron chi connectivity index (χ3n) is 3.23. The molecule has 0 bridgehead atoms. The number of thiophene rings is 1. The van der Waals surface area contributed by atoms with E-state index in [4.69, 9.17) is 5.11 Å². The second-order valence-electron chi connectivity index (χ2n) is 4.60. The number of hydrogen-bond donors (Lipinski definition) is 1. The smallest absolute Gasteiger partial charge is 0.345 e. The summed E-state index contributed by atoms with van der Waals surface area (Å²) in [7, 11) is 0. The van der Waals surface area contributed by atoms with Crippen molar-refractivity contribution in [3.05, 3.63) is 21.9 Å². The molecule has 0 unspecified atom stereocenters. The Bertz CT molecular complexity index is 464. The first-order valence-electron chi connectivity index (χ1n) is 6.46. The Morgan fingerprint density at radius 1 is 1.21 bits per heavy atom. The third-order valence-corrected chi connectivity index (χ3v) is 4.29. The summed E-state index contributed by atoms with van der Waals surface area (Å²) in [6.07, 6.45) is 1.13. The summed E-state index contributed by atoms with van der Waals surface area (Å²) in [5.41, 5.74) is 0. The number of nitrogens with zero attached hydrogens (tertiary/aromatic N) is 2. The fourth-order valence-electron chi connectivity index (χ4n) is 2.21. The van der Waals surface area contributed by atoms with Gasteiger partial charge in [-0.1, -0.05) is 6.92 Å². The van der Waals surface area contributed by atoms with E-state index >= 15 is 0 Å². The number of carboxylic acids is 1. The Morgan fingerprint density at radius 2 is 1.84 bits per heavy atom. The summed E-state index contributed by atoms with van der Waals surface area (Å²) >= 11 is 1.05. The zero-order valence-electron chi connectivity index (χ0n) is 11.0. The van der Waals surface area contributed by atoms with Gasteiger partial charge in [-0.25, -0.2) is 4.79 Å². The molecule has 2 heterocycles. The largest absolute Gasteiger partial charge is 0.477 e. The van der Waals surface area contributed by atoms with Gasteiger partial charge in [-0.3, -0.25) is 9.69 Å². The standard InChI is InChI=1S/C13H18N2O3S/c1-2-5-14-6-8-15(9-7-14)12(16)10-3-4-11(19-10)13(17)18/h3-4H,2,5-9H2,1H3,(H,17,18). The van der Waals surface area contributed by atoms with Crippen LogP contribution in [0.5, 0.6) is 0 Å². The van der Waals surface area contributed by atoms with E-state index in [9.17, 15) is 9.59 Å². The Labute approximate surface area is 116 Å². The molecule has 0 atom stereocenters. The molecule has 0 aliphatic carbocycles. The lowest BCUT2D eigenvalue weighted by atomic mass is 10.2. The van der Waals surface area contributed by atoms with Gasteiger partial charge in [0.2, 0.25) is 0 Å². The molecule has 0 aromatic carbocycles. The number of rotatable bonds is 4. The highest BCUT2D eigenvalue weighted by atomic mass is 32.1. The topological polar surface area (TPSA) is 60.9 Å². The monoisotopic (exact) mass is 282 g/mol. The molecule has 2 rings (SSSR count). The van der Waals surface area contributed by atoms with Crippen LogP contribution in [0.4, 0.5) is 0 Å². The molecule has 1 saturated heterocycles. The van der Waals surface area contributed by atoms with Crippen molar-refractivity contribution < 1.29 is 14.7 Å². The maximum Gasteiger partial charge on any atom is 0.345 e. The normalized spacial score (nSPS) is 16.6. The predicted octanol–water partition coefficient (Wildman–Crippen LogP) is 1.61. The summed E-state index contributed by atoms with van der Waals surface area (Å²) in [6.45, 7) is 6.46. The minimum Gasteiger partial charge on any atom is -0.477 e. The lowest BCUT2D eigenvalue weighted by molar-refractivity contribution is 0.0641. The minimum absolute atomic E-state index is 0.0475. The van der Waals surface area contributed by atoms with E-state index in [0.29, 0.717) is 4.88 Å². The van der Waals surface area contributed by atoms with Gasteiger partial charge in [0.25, 0.3) is 5.91 Å². The predicted molar refractivity (Wildman–Crippen MR) is 73.9 cm³/mol. The molecule has 1 fully saturated rings. The van der Waals surface area contributed by atoms with E-state index in [1.54, 1.807) is 6.07 Å². The fraction of sp³-hybridized carbons (Fsp3) is 0.538. The lowest BCUT2D eigenvalue weighted by Crippen LogP contribution is -2.48. The molecule has 0 spiro atoms. The molecule has 1 aliphatic heterocycles. The van der Waals surface area contributed by atoms with Crippen LogP contribution in [-0.4, -0.2) is 59.5 Å². The fourth-order valence-corrected chi connectivity index (χ4v) is 3.03. The van der Waals surface area contributed by atoms with E-state index in [-0.39, 0.29) is 10.8 Å². The molecule has 1 amide bonds. The van der Waals surface area contributed by atoms with Crippen LogP contribution >= 0.6 is 11.3 Å². The summed E-state index contributed by atoms with van der Waals surface area (Å²) < 4.78 is 0. The van der Waals surface area contributed by atoms with Crippen molar-refractivity contribution in [1.82, 2.24) is 9.80 Å². The van der Waals surface area contributed by atoms with E-state index in [1.807, 2.05) is 4.90 Å². The molecule has 0 radical (unpaired) electrons. The maximum atomic E-state index is 12.2. The van der Waals surface area contributed by atoms with Gasteiger partial charge >= 0.3 is 5.97 Å². The zero-order valence-corrected chi connectivity index (χ0v) is 11.8. The van der Waals surface area contributed by atoms with Crippen molar-refractivity contribution >= 4 is 23.2 Å². The highest BCUT2D eigenvalue weighted by Gasteiger charge is 2.23. The van der Waals surface area contributed by atoms with Gasteiger partial charge in [-0.15, -0.1) is 11.3 Å². The van der Waals surface area contributed by atoms with Gasteiger partial charge in [0.1, 0.15) is 4.88 Å². The molecule has 1 N–H and O–H groups in total. The van der Waals surface area contributed by atoms with Gasteiger partial charge in [0, 0.05) is 26.2 Å². The number of amides is 1. The van der Waals surface area contributed by atoms with Crippen molar-refractivity contribution in [1.29, 1.82) is 0 Å². The molecule has 0 saturated carbocycles.